The fraction of sp³-hybridized carbons (Fsp3) is 0.261. The largest absolute Gasteiger partial charge is 0.466 e. The van der Waals surface area contributed by atoms with Crippen LogP contribution in [0.25, 0.3) is 5.69 Å². The number of nitrogens with one attached hydrogen (secondary N) is 2. The van der Waals surface area contributed by atoms with E-state index in [1.54, 1.807) is 6.07 Å². The molecule has 0 fully saturated rings. The van der Waals surface area contributed by atoms with Gasteiger partial charge in [0, 0.05) is 6.07 Å². The normalized spacial score (nSPS) is 11.7. The van der Waals surface area contributed by atoms with Crippen molar-refractivity contribution in [3.05, 3.63) is 87.6 Å². The Morgan fingerprint density at radius 3 is 2.58 bits per heavy atom. The lowest BCUT2D eigenvalue weighted by molar-refractivity contribution is -0.144. The number of hydrogen-bond donors (Lipinski definition) is 2. The molecule has 1 atom stereocenters. The Bertz CT molecular complexity index is 1140. The molecule has 0 aliphatic heterocycles. The first-order valence-electron chi connectivity index (χ1n) is 9.99. The van der Waals surface area contributed by atoms with Gasteiger partial charge >= 0.3 is 5.97 Å². The van der Waals surface area contributed by atoms with E-state index in [0.29, 0.717) is 13.0 Å². The zero-order chi connectivity index (χ0) is 22.4. The number of aromatic nitrogens is 2. The van der Waals surface area contributed by atoms with Gasteiger partial charge in [0.15, 0.2) is 0 Å². The highest BCUT2D eigenvalue weighted by atomic mass is 19.1. The van der Waals surface area contributed by atoms with Crippen molar-refractivity contribution in [2.45, 2.75) is 32.7 Å². The van der Waals surface area contributed by atoms with Gasteiger partial charge in [-0.25, -0.2) is 9.07 Å². The van der Waals surface area contributed by atoms with Crippen LogP contribution < -0.4 is 10.9 Å². The number of ether oxygens (including phenoxy) is 1. The van der Waals surface area contributed by atoms with E-state index in [1.165, 1.54) is 18.2 Å². The summed E-state index contributed by atoms with van der Waals surface area (Å²) in [4.78, 5) is 37.4. The van der Waals surface area contributed by atoms with E-state index in [1.807, 2.05) is 38.1 Å². The fourth-order valence-corrected chi connectivity index (χ4v) is 3.22. The summed E-state index contributed by atoms with van der Waals surface area (Å²) in [6, 6.07) is 13.5. The first-order chi connectivity index (χ1) is 14.9. The molecule has 0 saturated heterocycles. The van der Waals surface area contributed by atoms with Crippen LogP contribution in [0, 0.1) is 12.7 Å². The number of esters is 1. The van der Waals surface area contributed by atoms with Gasteiger partial charge in [-0.2, -0.15) is 0 Å². The number of carbonyl (C=O) groups is 2. The molecule has 0 aliphatic carbocycles. The Morgan fingerprint density at radius 1 is 1.16 bits per heavy atom. The number of aryl methyl sites for hydroxylation is 1. The van der Waals surface area contributed by atoms with Crippen molar-refractivity contribution >= 4 is 11.9 Å². The number of amides is 1. The molecule has 8 heteroatoms. The van der Waals surface area contributed by atoms with Crippen LogP contribution in [0.4, 0.5) is 4.39 Å². The number of nitrogens with zero attached hydrogens (tertiary/aromatic N) is 1. The van der Waals surface area contributed by atoms with Gasteiger partial charge in [0.25, 0.3) is 11.5 Å². The summed E-state index contributed by atoms with van der Waals surface area (Å²) in [5.74, 6) is -1.63. The van der Waals surface area contributed by atoms with Crippen LogP contribution in [-0.4, -0.2) is 28.3 Å². The van der Waals surface area contributed by atoms with Crippen molar-refractivity contribution < 1.29 is 18.7 Å². The van der Waals surface area contributed by atoms with E-state index in [2.05, 4.69) is 10.4 Å². The van der Waals surface area contributed by atoms with Crippen LogP contribution >= 0.6 is 0 Å². The number of benzene rings is 2. The predicted molar refractivity (Wildman–Crippen MR) is 114 cm³/mol. The Hall–Kier alpha value is -3.68. The Kier molecular flexibility index (Phi) is 7.02. The summed E-state index contributed by atoms with van der Waals surface area (Å²) in [5.41, 5.74) is 1.04. The molecular weight excluding hydrogens is 401 g/mol. The van der Waals surface area contributed by atoms with Gasteiger partial charge in [-0.15, -0.1) is 0 Å². The molecular formula is C23H24FN3O4. The highest BCUT2D eigenvalue weighted by Crippen LogP contribution is 2.22. The highest BCUT2D eigenvalue weighted by Gasteiger charge is 2.23. The van der Waals surface area contributed by atoms with Gasteiger partial charge in [-0.05, 0) is 36.6 Å². The third kappa shape index (κ3) is 5.28. The molecule has 1 amide bonds. The van der Waals surface area contributed by atoms with E-state index in [9.17, 15) is 18.8 Å². The Balaban J connectivity index is 1.86. The SMILES string of the molecule is CCCOC(=O)C[C@H](NC(=O)c1cc(=O)n(-c2ccccc2F)[nH]1)c1ccccc1C. The van der Waals surface area contributed by atoms with E-state index >= 15 is 0 Å². The Morgan fingerprint density at radius 2 is 1.87 bits per heavy atom. The number of hydrogen-bond acceptors (Lipinski definition) is 4. The molecule has 0 unspecified atom stereocenters. The zero-order valence-corrected chi connectivity index (χ0v) is 17.4. The average Bonchev–Trinajstić information content (AvgIpc) is 3.14. The van der Waals surface area contributed by atoms with Gasteiger partial charge < -0.3 is 10.1 Å². The summed E-state index contributed by atoms with van der Waals surface area (Å²) < 4.78 is 20.2. The highest BCUT2D eigenvalue weighted by molar-refractivity contribution is 5.92. The number of carbonyl (C=O) groups excluding carboxylic acids is 2. The van der Waals surface area contributed by atoms with Crippen LogP contribution in [0.15, 0.2) is 59.4 Å². The molecule has 31 heavy (non-hydrogen) atoms. The number of para-hydroxylation sites is 1. The molecule has 3 aromatic rings. The minimum absolute atomic E-state index is 0.00477. The molecule has 1 heterocycles. The summed E-state index contributed by atoms with van der Waals surface area (Å²) in [7, 11) is 0. The van der Waals surface area contributed by atoms with Crippen molar-refractivity contribution in [1.82, 2.24) is 15.1 Å². The molecule has 0 spiro atoms. The van der Waals surface area contributed by atoms with Crippen molar-refractivity contribution in [2.24, 2.45) is 0 Å². The maximum absolute atomic E-state index is 14.1. The smallest absolute Gasteiger partial charge is 0.308 e. The van der Waals surface area contributed by atoms with Crippen molar-refractivity contribution in [2.75, 3.05) is 6.61 Å². The summed E-state index contributed by atoms with van der Waals surface area (Å²) >= 11 is 0. The maximum atomic E-state index is 14.1. The predicted octanol–water partition coefficient (Wildman–Crippen LogP) is 3.43. The summed E-state index contributed by atoms with van der Waals surface area (Å²) in [6.45, 7) is 4.07. The molecule has 0 bridgehead atoms. The molecule has 2 N–H and O–H groups in total. The van der Waals surface area contributed by atoms with Crippen LogP contribution in [0.1, 0.15) is 47.4 Å². The van der Waals surface area contributed by atoms with Gasteiger partial charge in [0.2, 0.25) is 0 Å². The second-order valence-electron chi connectivity index (χ2n) is 7.10. The van der Waals surface area contributed by atoms with E-state index in [4.69, 9.17) is 4.74 Å². The van der Waals surface area contributed by atoms with Crippen molar-refractivity contribution in [3.63, 3.8) is 0 Å². The van der Waals surface area contributed by atoms with Crippen LogP contribution in [0.5, 0.6) is 0 Å². The lowest BCUT2D eigenvalue weighted by Gasteiger charge is -2.20. The quantitative estimate of drug-likeness (QED) is 0.541. The molecule has 0 aliphatic rings. The van der Waals surface area contributed by atoms with Crippen LogP contribution in [-0.2, 0) is 9.53 Å². The first kappa shape index (κ1) is 22.0. The van der Waals surface area contributed by atoms with E-state index in [0.717, 1.165) is 21.9 Å². The molecule has 162 valence electrons. The van der Waals surface area contributed by atoms with E-state index < -0.39 is 29.3 Å². The Labute approximate surface area is 178 Å². The molecule has 0 radical (unpaired) electrons. The second kappa shape index (κ2) is 9.88. The van der Waals surface area contributed by atoms with Crippen LogP contribution in [0.2, 0.25) is 0 Å². The third-order valence-corrected chi connectivity index (χ3v) is 4.77. The monoisotopic (exact) mass is 425 g/mol. The molecule has 7 nitrogen and oxygen atoms in total. The minimum atomic E-state index is -0.654. The van der Waals surface area contributed by atoms with Crippen molar-refractivity contribution in [3.8, 4) is 5.69 Å². The summed E-state index contributed by atoms with van der Waals surface area (Å²) in [5, 5.41) is 5.42. The fourth-order valence-electron chi connectivity index (χ4n) is 3.22. The summed E-state index contributed by atoms with van der Waals surface area (Å²) in [6.07, 6.45) is 0.632. The number of aromatic amines is 1. The molecule has 2 aromatic carbocycles. The van der Waals surface area contributed by atoms with Gasteiger partial charge in [0.1, 0.15) is 17.2 Å². The molecule has 3 rings (SSSR count). The lowest BCUT2D eigenvalue weighted by atomic mass is 9.98. The number of H-pyrrole nitrogens is 1. The lowest BCUT2D eigenvalue weighted by Crippen LogP contribution is -2.31. The standard InChI is InChI=1S/C23H24FN3O4/c1-3-12-31-22(29)14-18(16-9-5-4-8-15(16)2)25-23(30)19-13-21(28)27(26-19)20-11-7-6-10-17(20)24/h4-11,13,18,26H,3,12,14H2,1-2H3,(H,25,30)/t18-/m0/s1. The van der Waals surface area contributed by atoms with E-state index in [-0.39, 0.29) is 17.8 Å². The van der Waals surface area contributed by atoms with Gasteiger partial charge in [0.05, 0.1) is 19.1 Å². The topological polar surface area (TPSA) is 93.2 Å². The average molecular weight is 425 g/mol. The molecule has 0 saturated carbocycles. The van der Waals surface area contributed by atoms with Gasteiger partial charge in [-0.3, -0.25) is 19.5 Å². The maximum Gasteiger partial charge on any atom is 0.308 e. The van der Waals surface area contributed by atoms with Crippen molar-refractivity contribution in [1.29, 1.82) is 0 Å². The number of halogens is 1. The van der Waals surface area contributed by atoms with Crippen LogP contribution in [0.3, 0.4) is 0 Å². The zero-order valence-electron chi connectivity index (χ0n) is 17.4. The molecule has 1 aromatic heterocycles. The number of rotatable bonds is 8. The minimum Gasteiger partial charge on any atom is -0.466 e. The second-order valence-corrected chi connectivity index (χ2v) is 7.10. The van der Waals surface area contributed by atoms with Gasteiger partial charge in [-0.1, -0.05) is 43.3 Å². The first-order valence-corrected chi connectivity index (χ1v) is 9.99. The third-order valence-electron chi connectivity index (χ3n) is 4.77.